The van der Waals surface area contributed by atoms with Crippen LogP contribution in [0.3, 0.4) is 0 Å². The number of sulfonamides is 1. The largest absolute Gasteiger partial charge is 0.298 e. The number of carbonyl (C=O) groups excluding carboxylic acids is 1. The molecule has 9 heteroatoms. The Hall–Kier alpha value is -3.06. The van der Waals surface area contributed by atoms with E-state index in [1.165, 1.54) is 39.9 Å². The molecule has 2 aromatic carbocycles. The van der Waals surface area contributed by atoms with Gasteiger partial charge in [-0.05, 0) is 49.2 Å². The zero-order valence-electron chi connectivity index (χ0n) is 17.3. The van der Waals surface area contributed by atoms with Gasteiger partial charge in [-0.3, -0.25) is 10.1 Å². The van der Waals surface area contributed by atoms with E-state index >= 15 is 0 Å². The molecule has 1 aromatic heterocycles. The van der Waals surface area contributed by atoms with Crippen molar-refractivity contribution in [1.29, 1.82) is 5.26 Å². The third-order valence-electron chi connectivity index (χ3n) is 5.35. The van der Waals surface area contributed by atoms with Crippen LogP contribution in [0.5, 0.6) is 0 Å². The molecule has 1 aliphatic rings. The van der Waals surface area contributed by atoms with E-state index in [2.05, 4.69) is 16.4 Å². The number of thiazole rings is 1. The van der Waals surface area contributed by atoms with Gasteiger partial charge in [0.15, 0.2) is 5.13 Å². The standard InChI is InChI=1S/C23H22N4O3S2/c24-15-17-5-7-18(8-6-17)21-16-31-23(25-21)26-22(28)19-9-11-20(12-10-19)32(29,30)27-13-3-1-2-4-14-27/h5-12,16H,1-4,13-14H2,(H,25,26,28). The quantitative estimate of drug-likeness (QED) is 0.596. The molecule has 0 bridgehead atoms. The van der Waals surface area contributed by atoms with Gasteiger partial charge in [0, 0.05) is 29.6 Å². The van der Waals surface area contributed by atoms with Crippen molar-refractivity contribution in [2.24, 2.45) is 0 Å². The van der Waals surface area contributed by atoms with Crippen molar-refractivity contribution in [3.63, 3.8) is 0 Å². The first-order valence-corrected chi connectivity index (χ1v) is 12.7. The van der Waals surface area contributed by atoms with E-state index in [1.807, 2.05) is 17.5 Å². The predicted octanol–water partition coefficient (Wildman–Crippen LogP) is 4.50. The molecule has 1 aliphatic heterocycles. The molecule has 1 fully saturated rings. The van der Waals surface area contributed by atoms with Crippen LogP contribution in [0.4, 0.5) is 5.13 Å². The van der Waals surface area contributed by atoms with Crippen LogP contribution in [0.1, 0.15) is 41.6 Å². The molecule has 0 saturated carbocycles. The second kappa shape index (κ2) is 9.61. The molecule has 2 heterocycles. The Bertz CT molecular complexity index is 1240. The minimum atomic E-state index is -3.55. The third kappa shape index (κ3) is 4.88. The summed E-state index contributed by atoms with van der Waals surface area (Å²) in [6, 6.07) is 15.1. The maximum atomic E-state index is 12.9. The molecule has 0 radical (unpaired) electrons. The zero-order chi connectivity index (χ0) is 22.6. The lowest BCUT2D eigenvalue weighted by Gasteiger charge is -2.20. The molecular formula is C23H22N4O3S2. The Labute approximate surface area is 191 Å². The highest BCUT2D eigenvalue weighted by molar-refractivity contribution is 7.89. The third-order valence-corrected chi connectivity index (χ3v) is 8.02. The van der Waals surface area contributed by atoms with E-state index in [0.717, 1.165) is 31.2 Å². The summed E-state index contributed by atoms with van der Waals surface area (Å²) in [6.07, 6.45) is 3.85. The first-order chi connectivity index (χ1) is 15.5. The molecule has 1 N–H and O–H groups in total. The van der Waals surface area contributed by atoms with E-state index in [-0.39, 0.29) is 10.8 Å². The number of aromatic nitrogens is 1. The van der Waals surface area contributed by atoms with Gasteiger partial charge >= 0.3 is 0 Å². The van der Waals surface area contributed by atoms with Crippen LogP contribution in [-0.2, 0) is 10.0 Å². The number of carbonyl (C=O) groups is 1. The molecule has 4 rings (SSSR count). The topological polar surface area (TPSA) is 103 Å². The lowest BCUT2D eigenvalue weighted by atomic mass is 10.1. The van der Waals surface area contributed by atoms with Crippen LogP contribution in [0, 0.1) is 11.3 Å². The maximum Gasteiger partial charge on any atom is 0.257 e. The van der Waals surface area contributed by atoms with Gasteiger partial charge in [-0.2, -0.15) is 9.57 Å². The Morgan fingerprint density at radius 2 is 1.66 bits per heavy atom. The molecule has 1 saturated heterocycles. The summed E-state index contributed by atoms with van der Waals surface area (Å²) in [7, 11) is -3.55. The molecule has 7 nitrogen and oxygen atoms in total. The summed E-state index contributed by atoms with van der Waals surface area (Å²) in [5.74, 6) is -0.357. The van der Waals surface area contributed by atoms with Crippen molar-refractivity contribution < 1.29 is 13.2 Å². The monoisotopic (exact) mass is 466 g/mol. The number of nitrogens with one attached hydrogen (secondary N) is 1. The lowest BCUT2D eigenvalue weighted by molar-refractivity contribution is 0.102. The molecule has 1 amide bonds. The number of nitrogens with zero attached hydrogens (tertiary/aromatic N) is 3. The van der Waals surface area contributed by atoms with Crippen LogP contribution in [0.25, 0.3) is 11.3 Å². The van der Waals surface area contributed by atoms with Gasteiger partial charge in [-0.1, -0.05) is 25.0 Å². The van der Waals surface area contributed by atoms with E-state index in [9.17, 15) is 13.2 Å². The van der Waals surface area contributed by atoms with Crippen LogP contribution in [-0.4, -0.2) is 36.7 Å². The number of hydrogen-bond acceptors (Lipinski definition) is 6. The second-order valence-corrected chi connectivity index (χ2v) is 10.3. The van der Waals surface area contributed by atoms with Gasteiger partial charge in [-0.15, -0.1) is 11.3 Å². The summed E-state index contributed by atoms with van der Waals surface area (Å²) < 4.78 is 27.3. The Balaban J connectivity index is 1.44. The fourth-order valence-electron chi connectivity index (χ4n) is 3.56. The van der Waals surface area contributed by atoms with E-state index in [0.29, 0.717) is 35.0 Å². The van der Waals surface area contributed by atoms with Gasteiger partial charge in [0.25, 0.3) is 5.91 Å². The number of rotatable bonds is 5. The number of anilines is 1. The van der Waals surface area contributed by atoms with Crippen LogP contribution < -0.4 is 5.32 Å². The molecule has 164 valence electrons. The van der Waals surface area contributed by atoms with Crippen LogP contribution in [0.15, 0.2) is 58.8 Å². The van der Waals surface area contributed by atoms with Gasteiger partial charge in [0.1, 0.15) is 0 Å². The highest BCUT2D eigenvalue weighted by Gasteiger charge is 2.25. The predicted molar refractivity (Wildman–Crippen MR) is 124 cm³/mol. The first kappa shape index (κ1) is 22.1. The van der Waals surface area contributed by atoms with Crippen molar-refractivity contribution in [1.82, 2.24) is 9.29 Å². The Morgan fingerprint density at radius 1 is 1.00 bits per heavy atom. The van der Waals surface area contributed by atoms with Crippen LogP contribution in [0.2, 0.25) is 0 Å². The van der Waals surface area contributed by atoms with Gasteiger partial charge in [-0.25, -0.2) is 13.4 Å². The first-order valence-electron chi connectivity index (χ1n) is 10.3. The summed E-state index contributed by atoms with van der Waals surface area (Å²) in [4.78, 5) is 17.2. The molecule has 0 aliphatic carbocycles. The highest BCUT2D eigenvalue weighted by Crippen LogP contribution is 2.26. The van der Waals surface area contributed by atoms with Crippen molar-refractivity contribution in [3.8, 4) is 17.3 Å². The average Bonchev–Trinajstić information content (AvgIpc) is 3.10. The van der Waals surface area contributed by atoms with E-state index in [4.69, 9.17) is 5.26 Å². The molecule has 0 unspecified atom stereocenters. The second-order valence-electron chi connectivity index (χ2n) is 7.52. The zero-order valence-corrected chi connectivity index (χ0v) is 19.0. The minimum Gasteiger partial charge on any atom is -0.298 e. The molecule has 3 aromatic rings. The normalized spacial score (nSPS) is 15.0. The average molecular weight is 467 g/mol. The molecular weight excluding hydrogens is 444 g/mol. The Kier molecular flexibility index (Phi) is 6.65. The van der Waals surface area contributed by atoms with Crippen molar-refractivity contribution in [2.45, 2.75) is 30.6 Å². The van der Waals surface area contributed by atoms with Crippen molar-refractivity contribution in [3.05, 3.63) is 65.0 Å². The minimum absolute atomic E-state index is 0.202. The summed E-state index contributed by atoms with van der Waals surface area (Å²) in [5.41, 5.74) is 2.48. The highest BCUT2D eigenvalue weighted by atomic mass is 32.2. The van der Waals surface area contributed by atoms with E-state index in [1.54, 1.807) is 12.1 Å². The fourth-order valence-corrected chi connectivity index (χ4v) is 5.79. The number of benzene rings is 2. The van der Waals surface area contributed by atoms with E-state index < -0.39 is 10.0 Å². The maximum absolute atomic E-state index is 12.9. The Morgan fingerprint density at radius 3 is 2.28 bits per heavy atom. The fraction of sp³-hybridized carbons (Fsp3) is 0.261. The van der Waals surface area contributed by atoms with Crippen molar-refractivity contribution >= 4 is 32.4 Å². The summed E-state index contributed by atoms with van der Waals surface area (Å²) in [6.45, 7) is 1.08. The van der Waals surface area contributed by atoms with Gasteiger partial charge in [0.05, 0.1) is 22.2 Å². The van der Waals surface area contributed by atoms with Gasteiger partial charge < -0.3 is 0 Å². The number of nitriles is 1. The lowest BCUT2D eigenvalue weighted by Crippen LogP contribution is -2.31. The molecule has 0 spiro atoms. The van der Waals surface area contributed by atoms with Crippen LogP contribution >= 0.6 is 11.3 Å². The number of hydrogen-bond donors (Lipinski definition) is 1. The molecule has 0 atom stereocenters. The summed E-state index contributed by atoms with van der Waals surface area (Å²) in [5, 5.41) is 13.9. The van der Waals surface area contributed by atoms with Crippen molar-refractivity contribution in [2.75, 3.05) is 18.4 Å². The number of amides is 1. The molecule has 32 heavy (non-hydrogen) atoms. The smallest absolute Gasteiger partial charge is 0.257 e. The summed E-state index contributed by atoms with van der Waals surface area (Å²) >= 11 is 1.29. The SMILES string of the molecule is N#Cc1ccc(-c2csc(NC(=O)c3ccc(S(=O)(=O)N4CCCCCC4)cc3)n2)cc1. The van der Waals surface area contributed by atoms with Gasteiger partial charge in [0.2, 0.25) is 10.0 Å².